The predicted molar refractivity (Wildman–Crippen MR) is 78.0 cm³/mol. The van der Waals surface area contributed by atoms with Gasteiger partial charge in [-0.15, -0.1) is 0 Å². The lowest BCUT2D eigenvalue weighted by Crippen LogP contribution is -2.53. The van der Waals surface area contributed by atoms with E-state index in [1.807, 2.05) is 25.1 Å². The van der Waals surface area contributed by atoms with E-state index in [0.717, 1.165) is 18.7 Å². The third-order valence-corrected chi connectivity index (χ3v) is 3.60. The molecular weight excluding hydrogens is 254 g/mol. The predicted octanol–water partition coefficient (Wildman–Crippen LogP) is 0.482. The first-order chi connectivity index (χ1) is 9.76. The summed E-state index contributed by atoms with van der Waals surface area (Å²) in [5.74, 6) is 0.0393. The highest BCUT2D eigenvalue weighted by Crippen LogP contribution is 2.16. The van der Waals surface area contributed by atoms with Crippen LogP contribution in [0.3, 0.4) is 0 Å². The summed E-state index contributed by atoms with van der Waals surface area (Å²) in [6.07, 6.45) is 0. The average Bonchev–Trinajstić information content (AvgIpc) is 2.48. The van der Waals surface area contributed by atoms with Gasteiger partial charge in [-0.1, -0.05) is 24.3 Å². The molecule has 110 valence electrons. The highest BCUT2D eigenvalue weighted by Gasteiger charge is 2.29. The first-order valence-electron chi connectivity index (χ1n) is 7.12. The second kappa shape index (κ2) is 7.38. The molecule has 1 atom stereocenters. The minimum atomic E-state index is -0.213. The Kier molecular flexibility index (Phi) is 5.52. The number of hydrogen-bond donors (Lipinski definition) is 2. The van der Waals surface area contributed by atoms with Gasteiger partial charge in [0.15, 0.2) is 0 Å². The van der Waals surface area contributed by atoms with Crippen molar-refractivity contribution in [2.24, 2.45) is 5.73 Å². The summed E-state index contributed by atoms with van der Waals surface area (Å²) >= 11 is 0. The summed E-state index contributed by atoms with van der Waals surface area (Å²) in [5.41, 5.74) is 8.09. The van der Waals surface area contributed by atoms with Crippen LogP contribution < -0.4 is 11.1 Å². The number of rotatable bonds is 5. The topological polar surface area (TPSA) is 67.6 Å². The van der Waals surface area contributed by atoms with Crippen LogP contribution in [-0.4, -0.2) is 43.2 Å². The summed E-state index contributed by atoms with van der Waals surface area (Å²) in [6.45, 7) is 5.71. The van der Waals surface area contributed by atoms with E-state index < -0.39 is 0 Å². The lowest BCUT2D eigenvalue weighted by Gasteiger charge is -2.34. The standard InChI is InChI=1S/C15H23N3O2/c1-2-17-15(19)14-11-20-8-7-18(14)10-13-6-4-3-5-12(13)9-16/h3-6,14H,2,7-11,16H2,1H3,(H,17,19). The largest absolute Gasteiger partial charge is 0.378 e. The van der Waals surface area contributed by atoms with Gasteiger partial charge in [0, 0.05) is 26.2 Å². The third kappa shape index (κ3) is 3.56. The van der Waals surface area contributed by atoms with Gasteiger partial charge in [0.25, 0.3) is 0 Å². The van der Waals surface area contributed by atoms with Crippen LogP contribution in [0.5, 0.6) is 0 Å². The number of likely N-dealkylation sites (N-methyl/N-ethyl adjacent to an activating group) is 1. The van der Waals surface area contributed by atoms with Gasteiger partial charge < -0.3 is 15.8 Å². The minimum absolute atomic E-state index is 0.0393. The van der Waals surface area contributed by atoms with Gasteiger partial charge in [-0.3, -0.25) is 9.69 Å². The normalized spacial score (nSPS) is 19.8. The number of morpholine rings is 1. The first kappa shape index (κ1) is 15.0. The SMILES string of the molecule is CCNC(=O)C1COCCN1Cc1ccccc1CN. The van der Waals surface area contributed by atoms with Crippen molar-refractivity contribution in [2.75, 3.05) is 26.3 Å². The summed E-state index contributed by atoms with van der Waals surface area (Å²) in [7, 11) is 0. The number of carbonyl (C=O) groups excluding carboxylic acids is 1. The molecule has 5 nitrogen and oxygen atoms in total. The van der Waals surface area contributed by atoms with Crippen molar-refractivity contribution in [1.82, 2.24) is 10.2 Å². The maximum absolute atomic E-state index is 12.1. The van der Waals surface area contributed by atoms with Crippen LogP contribution in [0, 0.1) is 0 Å². The highest BCUT2D eigenvalue weighted by atomic mass is 16.5. The van der Waals surface area contributed by atoms with Crippen LogP contribution >= 0.6 is 0 Å². The lowest BCUT2D eigenvalue weighted by molar-refractivity contribution is -0.132. The molecule has 1 fully saturated rings. The van der Waals surface area contributed by atoms with Gasteiger partial charge in [0.2, 0.25) is 5.91 Å². The monoisotopic (exact) mass is 277 g/mol. The number of benzene rings is 1. The van der Waals surface area contributed by atoms with Crippen LogP contribution in [0.1, 0.15) is 18.1 Å². The maximum atomic E-state index is 12.1. The molecule has 0 radical (unpaired) electrons. The average molecular weight is 277 g/mol. The van der Waals surface area contributed by atoms with E-state index in [9.17, 15) is 4.79 Å². The van der Waals surface area contributed by atoms with Gasteiger partial charge in [-0.25, -0.2) is 0 Å². The maximum Gasteiger partial charge on any atom is 0.239 e. The fraction of sp³-hybridized carbons (Fsp3) is 0.533. The lowest BCUT2D eigenvalue weighted by atomic mass is 10.1. The number of hydrogen-bond acceptors (Lipinski definition) is 4. The molecule has 20 heavy (non-hydrogen) atoms. The van der Waals surface area contributed by atoms with E-state index in [1.54, 1.807) is 0 Å². The Morgan fingerprint density at radius 2 is 2.20 bits per heavy atom. The van der Waals surface area contributed by atoms with Crippen molar-refractivity contribution < 1.29 is 9.53 Å². The van der Waals surface area contributed by atoms with Crippen LogP contribution in [0.25, 0.3) is 0 Å². The number of ether oxygens (including phenoxy) is 1. The molecule has 3 N–H and O–H groups in total. The smallest absolute Gasteiger partial charge is 0.239 e. The Hall–Kier alpha value is -1.43. The molecule has 1 amide bonds. The fourth-order valence-electron chi connectivity index (χ4n) is 2.49. The third-order valence-electron chi connectivity index (χ3n) is 3.60. The van der Waals surface area contributed by atoms with Crippen LogP contribution in [0.15, 0.2) is 24.3 Å². The van der Waals surface area contributed by atoms with Crippen molar-refractivity contribution in [1.29, 1.82) is 0 Å². The second-order valence-corrected chi connectivity index (χ2v) is 4.93. The Labute approximate surface area is 120 Å². The Balaban J connectivity index is 2.10. The number of carbonyl (C=O) groups is 1. The zero-order valence-electron chi connectivity index (χ0n) is 12.0. The minimum Gasteiger partial charge on any atom is -0.378 e. The molecular formula is C15H23N3O2. The number of nitrogens with one attached hydrogen (secondary N) is 1. The molecule has 1 aliphatic rings. The summed E-state index contributed by atoms with van der Waals surface area (Å²) < 4.78 is 5.45. The van der Waals surface area contributed by atoms with E-state index in [2.05, 4.69) is 16.3 Å². The highest BCUT2D eigenvalue weighted by molar-refractivity contribution is 5.81. The molecule has 1 heterocycles. The van der Waals surface area contributed by atoms with E-state index in [-0.39, 0.29) is 11.9 Å². The number of nitrogens with zero attached hydrogens (tertiary/aromatic N) is 1. The van der Waals surface area contributed by atoms with E-state index >= 15 is 0 Å². The molecule has 1 saturated heterocycles. The zero-order valence-corrected chi connectivity index (χ0v) is 12.0. The van der Waals surface area contributed by atoms with Crippen molar-refractivity contribution >= 4 is 5.91 Å². The molecule has 0 spiro atoms. The summed E-state index contributed by atoms with van der Waals surface area (Å²) in [5, 5.41) is 2.87. The number of nitrogens with two attached hydrogens (primary N) is 1. The van der Waals surface area contributed by atoms with Crippen LogP contribution in [0.4, 0.5) is 0 Å². The Morgan fingerprint density at radius 3 is 2.90 bits per heavy atom. The summed E-state index contributed by atoms with van der Waals surface area (Å²) in [4.78, 5) is 14.3. The van der Waals surface area contributed by atoms with Crippen LogP contribution in [-0.2, 0) is 22.6 Å². The molecule has 2 rings (SSSR count). The Bertz CT molecular complexity index is 450. The van der Waals surface area contributed by atoms with Gasteiger partial charge >= 0.3 is 0 Å². The second-order valence-electron chi connectivity index (χ2n) is 4.93. The Morgan fingerprint density at radius 1 is 1.45 bits per heavy atom. The zero-order chi connectivity index (χ0) is 14.4. The molecule has 0 bridgehead atoms. The van der Waals surface area contributed by atoms with Crippen molar-refractivity contribution in [2.45, 2.75) is 26.1 Å². The molecule has 0 aliphatic carbocycles. The quantitative estimate of drug-likeness (QED) is 0.821. The van der Waals surface area contributed by atoms with Gasteiger partial charge in [0.1, 0.15) is 6.04 Å². The van der Waals surface area contributed by atoms with Gasteiger partial charge in [0.05, 0.1) is 13.2 Å². The molecule has 1 aromatic rings. The van der Waals surface area contributed by atoms with E-state index in [0.29, 0.717) is 26.3 Å². The number of amides is 1. The molecule has 1 aliphatic heterocycles. The fourth-order valence-corrected chi connectivity index (χ4v) is 2.49. The van der Waals surface area contributed by atoms with Crippen LogP contribution in [0.2, 0.25) is 0 Å². The van der Waals surface area contributed by atoms with Gasteiger partial charge in [-0.05, 0) is 18.1 Å². The van der Waals surface area contributed by atoms with Crippen molar-refractivity contribution in [3.63, 3.8) is 0 Å². The summed E-state index contributed by atoms with van der Waals surface area (Å²) in [6, 6.07) is 7.90. The van der Waals surface area contributed by atoms with E-state index in [1.165, 1.54) is 5.56 Å². The molecule has 0 aromatic heterocycles. The molecule has 1 aromatic carbocycles. The molecule has 1 unspecified atom stereocenters. The van der Waals surface area contributed by atoms with Gasteiger partial charge in [-0.2, -0.15) is 0 Å². The molecule has 0 saturated carbocycles. The van der Waals surface area contributed by atoms with E-state index in [4.69, 9.17) is 10.5 Å². The first-order valence-corrected chi connectivity index (χ1v) is 7.12. The molecule has 5 heteroatoms. The van der Waals surface area contributed by atoms with Crippen molar-refractivity contribution in [3.8, 4) is 0 Å². The van der Waals surface area contributed by atoms with Crippen molar-refractivity contribution in [3.05, 3.63) is 35.4 Å².